The van der Waals surface area contributed by atoms with Crippen LogP contribution in [0.3, 0.4) is 0 Å². The number of hydrogen-bond acceptors (Lipinski definition) is 3. The SMILES string of the molecule is CC(C)N1CCCC(N2CCCCC2CN)CC1. The van der Waals surface area contributed by atoms with Crippen LogP contribution in [0.1, 0.15) is 52.4 Å². The summed E-state index contributed by atoms with van der Waals surface area (Å²) in [5, 5.41) is 0. The zero-order valence-corrected chi connectivity index (χ0v) is 12.3. The number of rotatable bonds is 3. The third-order valence-electron chi connectivity index (χ3n) is 4.88. The molecule has 2 aliphatic heterocycles. The minimum atomic E-state index is 0.661. The highest BCUT2D eigenvalue weighted by atomic mass is 15.2. The normalized spacial score (nSPS) is 32.7. The first-order chi connectivity index (χ1) is 8.72. The Balaban J connectivity index is 1.91. The topological polar surface area (TPSA) is 32.5 Å². The first kappa shape index (κ1) is 14.3. The molecule has 0 aliphatic carbocycles. The molecule has 2 rings (SSSR count). The Kier molecular flexibility index (Phi) is 5.46. The monoisotopic (exact) mass is 253 g/mol. The lowest BCUT2D eigenvalue weighted by atomic mass is 9.97. The third kappa shape index (κ3) is 3.46. The highest BCUT2D eigenvalue weighted by Crippen LogP contribution is 2.25. The van der Waals surface area contributed by atoms with Crippen molar-refractivity contribution in [1.82, 2.24) is 9.80 Å². The molecule has 0 spiro atoms. The van der Waals surface area contributed by atoms with E-state index in [0.717, 1.165) is 12.6 Å². The van der Waals surface area contributed by atoms with Crippen LogP contribution in [0.4, 0.5) is 0 Å². The van der Waals surface area contributed by atoms with Gasteiger partial charge in [-0.3, -0.25) is 4.90 Å². The Hall–Kier alpha value is -0.120. The van der Waals surface area contributed by atoms with Gasteiger partial charge in [-0.15, -0.1) is 0 Å². The predicted octanol–water partition coefficient (Wildman–Crippen LogP) is 2.06. The van der Waals surface area contributed by atoms with Crippen molar-refractivity contribution in [2.45, 2.75) is 70.5 Å². The average molecular weight is 253 g/mol. The molecule has 2 N–H and O–H groups in total. The van der Waals surface area contributed by atoms with Gasteiger partial charge in [0, 0.05) is 24.7 Å². The van der Waals surface area contributed by atoms with Gasteiger partial charge in [-0.1, -0.05) is 6.42 Å². The quantitative estimate of drug-likeness (QED) is 0.835. The summed E-state index contributed by atoms with van der Waals surface area (Å²) in [6.07, 6.45) is 8.15. The maximum absolute atomic E-state index is 5.96. The molecule has 2 aliphatic rings. The van der Waals surface area contributed by atoms with E-state index in [0.29, 0.717) is 12.1 Å². The highest BCUT2D eigenvalue weighted by Gasteiger charge is 2.29. The smallest absolute Gasteiger partial charge is 0.0221 e. The molecule has 0 aromatic rings. The molecule has 0 saturated carbocycles. The highest BCUT2D eigenvalue weighted by molar-refractivity contribution is 4.86. The molecule has 2 saturated heterocycles. The zero-order chi connectivity index (χ0) is 13.0. The van der Waals surface area contributed by atoms with Gasteiger partial charge in [0.25, 0.3) is 0 Å². The van der Waals surface area contributed by atoms with Gasteiger partial charge in [-0.25, -0.2) is 0 Å². The summed E-state index contributed by atoms with van der Waals surface area (Å²) in [5.41, 5.74) is 5.96. The second kappa shape index (κ2) is 6.88. The van der Waals surface area contributed by atoms with E-state index in [1.807, 2.05) is 0 Å². The first-order valence-corrected chi connectivity index (χ1v) is 7.92. The summed E-state index contributed by atoms with van der Waals surface area (Å²) >= 11 is 0. The van der Waals surface area contributed by atoms with Crippen LogP contribution in [0.15, 0.2) is 0 Å². The fraction of sp³-hybridized carbons (Fsp3) is 1.00. The zero-order valence-electron chi connectivity index (χ0n) is 12.3. The molecule has 0 radical (unpaired) electrons. The Bertz CT molecular complexity index is 242. The Morgan fingerprint density at radius 3 is 2.56 bits per heavy atom. The summed E-state index contributed by atoms with van der Waals surface area (Å²) in [6, 6.07) is 2.16. The molecular weight excluding hydrogens is 222 g/mol. The van der Waals surface area contributed by atoms with E-state index in [4.69, 9.17) is 5.73 Å². The van der Waals surface area contributed by atoms with Gasteiger partial charge in [0.1, 0.15) is 0 Å². The lowest BCUT2D eigenvalue weighted by Gasteiger charge is -2.40. The minimum absolute atomic E-state index is 0.661. The summed E-state index contributed by atoms with van der Waals surface area (Å²) in [5.74, 6) is 0. The number of likely N-dealkylation sites (tertiary alicyclic amines) is 2. The Morgan fingerprint density at radius 1 is 1.00 bits per heavy atom. The van der Waals surface area contributed by atoms with Crippen LogP contribution in [-0.2, 0) is 0 Å². The van der Waals surface area contributed by atoms with E-state index in [-0.39, 0.29) is 0 Å². The molecule has 2 unspecified atom stereocenters. The van der Waals surface area contributed by atoms with Crippen LogP contribution < -0.4 is 5.73 Å². The third-order valence-corrected chi connectivity index (χ3v) is 4.88. The summed E-state index contributed by atoms with van der Waals surface area (Å²) in [7, 11) is 0. The van der Waals surface area contributed by atoms with E-state index < -0.39 is 0 Å². The van der Waals surface area contributed by atoms with Crippen molar-refractivity contribution >= 4 is 0 Å². The number of nitrogens with two attached hydrogens (primary N) is 1. The fourth-order valence-electron chi connectivity index (χ4n) is 3.71. The second-order valence-corrected chi connectivity index (χ2v) is 6.34. The molecule has 106 valence electrons. The minimum Gasteiger partial charge on any atom is -0.329 e. The Morgan fingerprint density at radius 2 is 1.83 bits per heavy atom. The van der Waals surface area contributed by atoms with Gasteiger partial charge in [0.05, 0.1) is 0 Å². The van der Waals surface area contributed by atoms with Crippen LogP contribution in [0, 0.1) is 0 Å². The summed E-state index contributed by atoms with van der Waals surface area (Å²) < 4.78 is 0. The van der Waals surface area contributed by atoms with E-state index in [9.17, 15) is 0 Å². The summed E-state index contributed by atoms with van der Waals surface area (Å²) in [4.78, 5) is 5.38. The standard InChI is InChI=1S/C15H31N3/c1-13(2)17-9-5-7-14(8-11-17)18-10-4-3-6-15(18)12-16/h13-15H,3-12,16H2,1-2H3. The van der Waals surface area contributed by atoms with Gasteiger partial charge in [-0.05, 0) is 65.6 Å². The van der Waals surface area contributed by atoms with Crippen molar-refractivity contribution < 1.29 is 0 Å². The lowest BCUT2D eigenvalue weighted by Crippen LogP contribution is -2.49. The maximum Gasteiger partial charge on any atom is 0.0221 e. The fourth-order valence-corrected chi connectivity index (χ4v) is 3.71. The van der Waals surface area contributed by atoms with Crippen LogP contribution in [0.5, 0.6) is 0 Å². The molecule has 3 heteroatoms. The van der Waals surface area contributed by atoms with E-state index >= 15 is 0 Å². The number of piperidine rings is 1. The second-order valence-electron chi connectivity index (χ2n) is 6.34. The number of nitrogens with zero attached hydrogens (tertiary/aromatic N) is 2. The van der Waals surface area contributed by atoms with Crippen molar-refractivity contribution in [1.29, 1.82) is 0 Å². The van der Waals surface area contributed by atoms with Crippen molar-refractivity contribution in [2.75, 3.05) is 26.2 Å². The van der Waals surface area contributed by atoms with Gasteiger partial charge in [0.15, 0.2) is 0 Å². The first-order valence-electron chi connectivity index (χ1n) is 7.92. The van der Waals surface area contributed by atoms with E-state index in [1.165, 1.54) is 58.2 Å². The molecule has 0 aromatic carbocycles. The summed E-state index contributed by atoms with van der Waals surface area (Å²) in [6.45, 7) is 9.35. The van der Waals surface area contributed by atoms with Crippen molar-refractivity contribution in [3.05, 3.63) is 0 Å². The molecular formula is C15H31N3. The van der Waals surface area contributed by atoms with Gasteiger partial charge in [0.2, 0.25) is 0 Å². The van der Waals surface area contributed by atoms with Crippen molar-refractivity contribution in [3.8, 4) is 0 Å². The lowest BCUT2D eigenvalue weighted by molar-refractivity contribution is 0.0886. The molecule has 0 amide bonds. The molecule has 2 fully saturated rings. The van der Waals surface area contributed by atoms with Crippen molar-refractivity contribution in [3.63, 3.8) is 0 Å². The largest absolute Gasteiger partial charge is 0.329 e. The van der Waals surface area contributed by atoms with Crippen LogP contribution >= 0.6 is 0 Å². The number of hydrogen-bond donors (Lipinski definition) is 1. The molecule has 3 nitrogen and oxygen atoms in total. The average Bonchev–Trinajstić information content (AvgIpc) is 2.64. The van der Waals surface area contributed by atoms with Crippen LogP contribution in [-0.4, -0.2) is 54.1 Å². The molecule has 2 atom stereocenters. The van der Waals surface area contributed by atoms with Gasteiger partial charge >= 0.3 is 0 Å². The molecule has 0 bridgehead atoms. The van der Waals surface area contributed by atoms with Crippen LogP contribution in [0.2, 0.25) is 0 Å². The van der Waals surface area contributed by atoms with Gasteiger partial charge in [-0.2, -0.15) is 0 Å². The molecule has 2 heterocycles. The molecule has 0 aromatic heterocycles. The van der Waals surface area contributed by atoms with E-state index in [2.05, 4.69) is 23.6 Å². The predicted molar refractivity (Wildman–Crippen MR) is 77.7 cm³/mol. The van der Waals surface area contributed by atoms with Gasteiger partial charge < -0.3 is 10.6 Å². The van der Waals surface area contributed by atoms with E-state index in [1.54, 1.807) is 0 Å². The Labute approximate surface area is 113 Å². The van der Waals surface area contributed by atoms with Crippen LogP contribution in [0.25, 0.3) is 0 Å². The maximum atomic E-state index is 5.96. The van der Waals surface area contributed by atoms with Crippen molar-refractivity contribution in [2.24, 2.45) is 5.73 Å². The molecule has 18 heavy (non-hydrogen) atoms.